The molecule has 0 fully saturated rings. The summed E-state index contributed by atoms with van der Waals surface area (Å²) in [6.07, 6.45) is 7.21. The van der Waals surface area contributed by atoms with Gasteiger partial charge in [0.2, 0.25) is 0 Å². The van der Waals surface area contributed by atoms with Crippen LogP contribution in [0.1, 0.15) is 23.1 Å². The topological polar surface area (TPSA) is 40.7 Å². The van der Waals surface area contributed by atoms with Crippen molar-refractivity contribution < 1.29 is 13.2 Å². The molecule has 0 spiro atoms. The molecule has 1 unspecified atom stereocenters. The molecule has 1 aliphatic heterocycles. The molecular weight excluding hydrogens is 363 g/mol. The van der Waals surface area contributed by atoms with Crippen molar-refractivity contribution in [3.63, 3.8) is 0 Å². The fourth-order valence-electron chi connectivity index (χ4n) is 3.51. The third-order valence-electron chi connectivity index (χ3n) is 4.98. The summed E-state index contributed by atoms with van der Waals surface area (Å²) in [6, 6.07) is 9.53. The van der Waals surface area contributed by atoms with Gasteiger partial charge in [0.05, 0.1) is 5.56 Å². The molecule has 0 radical (unpaired) electrons. The highest BCUT2D eigenvalue weighted by Crippen LogP contribution is 2.29. The third kappa shape index (κ3) is 4.17. The molecule has 0 bridgehead atoms. The Morgan fingerprint density at radius 2 is 1.93 bits per heavy atom. The minimum absolute atomic E-state index is 0.302. The van der Waals surface area contributed by atoms with Crippen LogP contribution in [0.25, 0.3) is 17.1 Å². The van der Waals surface area contributed by atoms with Gasteiger partial charge in [0, 0.05) is 30.4 Å². The number of benzene rings is 1. The molecule has 0 amide bonds. The zero-order chi connectivity index (χ0) is 19.6. The summed E-state index contributed by atoms with van der Waals surface area (Å²) in [7, 11) is 0. The van der Waals surface area contributed by atoms with E-state index in [9.17, 15) is 13.2 Å². The number of aromatic nitrogens is 2. The van der Waals surface area contributed by atoms with Crippen molar-refractivity contribution in [3.8, 4) is 0 Å². The Labute approximate surface area is 161 Å². The number of nitrogens with zero attached hydrogens (tertiary/aromatic N) is 1. The first-order valence-corrected chi connectivity index (χ1v) is 9.18. The second kappa shape index (κ2) is 7.64. The number of nitrogens with one attached hydrogen (secondary N) is 2. The molecule has 3 heterocycles. The van der Waals surface area contributed by atoms with Crippen molar-refractivity contribution in [2.24, 2.45) is 0 Å². The van der Waals surface area contributed by atoms with Gasteiger partial charge < -0.3 is 10.3 Å². The molecule has 1 atom stereocenters. The van der Waals surface area contributed by atoms with Crippen LogP contribution >= 0.6 is 0 Å². The zero-order valence-electron chi connectivity index (χ0n) is 15.1. The SMILES string of the molecule is FC(F)(F)c1ccc(C=CC2=CCNC(Cc3c[nH]c4ncccc34)C2)cc1. The van der Waals surface area contributed by atoms with E-state index in [2.05, 4.69) is 27.4 Å². The van der Waals surface area contributed by atoms with E-state index in [1.54, 1.807) is 6.20 Å². The maximum absolute atomic E-state index is 12.7. The van der Waals surface area contributed by atoms with E-state index in [0.29, 0.717) is 6.04 Å². The second-order valence-corrected chi connectivity index (χ2v) is 6.96. The highest BCUT2D eigenvalue weighted by Gasteiger charge is 2.29. The number of H-pyrrole nitrogens is 1. The summed E-state index contributed by atoms with van der Waals surface area (Å²) < 4.78 is 38.0. The van der Waals surface area contributed by atoms with Gasteiger partial charge in [-0.2, -0.15) is 13.2 Å². The highest BCUT2D eigenvalue weighted by molar-refractivity contribution is 5.79. The molecule has 0 saturated carbocycles. The largest absolute Gasteiger partial charge is 0.416 e. The molecule has 1 aromatic carbocycles. The van der Waals surface area contributed by atoms with E-state index >= 15 is 0 Å². The van der Waals surface area contributed by atoms with Crippen molar-refractivity contribution in [2.45, 2.75) is 25.1 Å². The molecule has 2 aromatic heterocycles. The molecule has 144 valence electrons. The number of allylic oxidation sites excluding steroid dienone is 1. The normalized spacial score (nSPS) is 18.0. The Kier molecular flexibility index (Phi) is 5.05. The number of hydrogen-bond donors (Lipinski definition) is 2. The first-order valence-electron chi connectivity index (χ1n) is 9.18. The van der Waals surface area contributed by atoms with E-state index in [4.69, 9.17) is 0 Å². The Balaban J connectivity index is 1.41. The van der Waals surface area contributed by atoms with E-state index in [0.717, 1.165) is 48.1 Å². The fourth-order valence-corrected chi connectivity index (χ4v) is 3.51. The molecule has 3 nitrogen and oxygen atoms in total. The Hall–Kier alpha value is -2.86. The van der Waals surface area contributed by atoms with Crippen LogP contribution in [0.4, 0.5) is 13.2 Å². The lowest BCUT2D eigenvalue weighted by molar-refractivity contribution is -0.137. The lowest BCUT2D eigenvalue weighted by Gasteiger charge is -2.23. The predicted molar refractivity (Wildman–Crippen MR) is 105 cm³/mol. The van der Waals surface area contributed by atoms with Crippen molar-refractivity contribution in [1.29, 1.82) is 0 Å². The second-order valence-electron chi connectivity index (χ2n) is 6.96. The first-order chi connectivity index (χ1) is 13.5. The first kappa shape index (κ1) is 18.5. The molecule has 0 aliphatic carbocycles. The summed E-state index contributed by atoms with van der Waals surface area (Å²) in [5.41, 5.74) is 3.44. The van der Waals surface area contributed by atoms with Gasteiger partial charge in [-0.15, -0.1) is 0 Å². The molecule has 6 heteroatoms. The molecule has 2 N–H and O–H groups in total. The lowest BCUT2D eigenvalue weighted by atomic mass is 9.95. The van der Waals surface area contributed by atoms with Crippen LogP contribution in [0.15, 0.2) is 66.5 Å². The number of aromatic amines is 1. The molecule has 3 aromatic rings. The molecule has 1 aliphatic rings. The van der Waals surface area contributed by atoms with E-state index < -0.39 is 11.7 Å². The van der Waals surface area contributed by atoms with E-state index in [1.165, 1.54) is 23.3 Å². The smallest absolute Gasteiger partial charge is 0.346 e. The van der Waals surface area contributed by atoms with E-state index in [1.807, 2.05) is 24.4 Å². The summed E-state index contributed by atoms with van der Waals surface area (Å²) in [5, 5.41) is 4.64. The van der Waals surface area contributed by atoms with Gasteiger partial charge in [-0.3, -0.25) is 0 Å². The molecule has 28 heavy (non-hydrogen) atoms. The van der Waals surface area contributed by atoms with Gasteiger partial charge in [-0.1, -0.05) is 30.4 Å². The lowest BCUT2D eigenvalue weighted by Crippen LogP contribution is -2.34. The number of alkyl halides is 3. The quantitative estimate of drug-likeness (QED) is 0.656. The van der Waals surface area contributed by atoms with Crippen molar-refractivity contribution in [1.82, 2.24) is 15.3 Å². The standard InChI is InChI=1S/C22H20F3N3/c23-22(24,25)18-7-5-15(6-8-18)3-4-16-9-11-26-19(12-16)13-17-14-28-21-20(17)2-1-10-27-21/h1-10,14,19,26H,11-13H2,(H,27,28). The molecule has 0 saturated heterocycles. The Bertz CT molecular complexity index is 1010. The maximum atomic E-state index is 12.7. The number of halogens is 3. The van der Waals surface area contributed by atoms with Gasteiger partial charge in [-0.05, 0) is 53.8 Å². The van der Waals surface area contributed by atoms with Crippen molar-refractivity contribution >= 4 is 17.1 Å². The predicted octanol–water partition coefficient (Wildman–Crippen LogP) is 5.13. The summed E-state index contributed by atoms with van der Waals surface area (Å²) in [4.78, 5) is 7.53. The summed E-state index contributed by atoms with van der Waals surface area (Å²) >= 11 is 0. The van der Waals surface area contributed by atoms with Crippen LogP contribution in [0.5, 0.6) is 0 Å². The van der Waals surface area contributed by atoms with Crippen LogP contribution in [0.3, 0.4) is 0 Å². The average Bonchev–Trinajstić information content (AvgIpc) is 3.09. The van der Waals surface area contributed by atoms with Gasteiger partial charge in [0.1, 0.15) is 5.65 Å². The zero-order valence-corrected chi connectivity index (χ0v) is 15.1. The number of fused-ring (bicyclic) bond motifs is 1. The molecule has 4 rings (SSSR count). The summed E-state index contributed by atoms with van der Waals surface area (Å²) in [6.45, 7) is 0.776. The van der Waals surface area contributed by atoms with Gasteiger partial charge >= 0.3 is 6.18 Å². The van der Waals surface area contributed by atoms with Gasteiger partial charge in [0.25, 0.3) is 0 Å². The van der Waals surface area contributed by atoms with Crippen LogP contribution in [-0.4, -0.2) is 22.6 Å². The third-order valence-corrected chi connectivity index (χ3v) is 4.98. The fraction of sp³-hybridized carbons (Fsp3) is 0.227. The minimum atomic E-state index is -4.30. The van der Waals surface area contributed by atoms with Crippen LogP contribution < -0.4 is 5.32 Å². The summed E-state index contributed by atoms with van der Waals surface area (Å²) in [5.74, 6) is 0. The number of rotatable bonds is 4. The monoisotopic (exact) mass is 383 g/mol. The van der Waals surface area contributed by atoms with Crippen LogP contribution in [0.2, 0.25) is 0 Å². The number of pyridine rings is 1. The minimum Gasteiger partial charge on any atom is -0.346 e. The van der Waals surface area contributed by atoms with Crippen molar-refractivity contribution in [3.05, 3.63) is 83.2 Å². The van der Waals surface area contributed by atoms with Gasteiger partial charge in [-0.25, -0.2) is 4.98 Å². The Morgan fingerprint density at radius 3 is 2.71 bits per heavy atom. The maximum Gasteiger partial charge on any atom is 0.416 e. The van der Waals surface area contributed by atoms with E-state index in [-0.39, 0.29) is 0 Å². The Morgan fingerprint density at radius 1 is 1.11 bits per heavy atom. The van der Waals surface area contributed by atoms with Crippen LogP contribution in [0, 0.1) is 0 Å². The number of hydrogen-bond acceptors (Lipinski definition) is 2. The average molecular weight is 383 g/mol. The van der Waals surface area contributed by atoms with Crippen LogP contribution in [-0.2, 0) is 12.6 Å². The highest BCUT2D eigenvalue weighted by atomic mass is 19.4. The molecular formula is C22H20F3N3. The van der Waals surface area contributed by atoms with Gasteiger partial charge in [0.15, 0.2) is 0 Å². The van der Waals surface area contributed by atoms with Crippen molar-refractivity contribution in [2.75, 3.05) is 6.54 Å².